The molecule has 1 aromatic heterocycles. The van der Waals surface area contributed by atoms with E-state index in [1.54, 1.807) is 36.0 Å². The summed E-state index contributed by atoms with van der Waals surface area (Å²) in [5.41, 5.74) is 2.28. The number of rotatable bonds is 7. The number of hydrogen-bond acceptors (Lipinski definition) is 3. The number of aryl methyl sites for hydroxylation is 1. The van der Waals surface area contributed by atoms with Crippen molar-refractivity contribution in [2.45, 2.75) is 11.4 Å². The topological polar surface area (TPSA) is 57.8 Å². The lowest BCUT2D eigenvalue weighted by atomic mass is 10.1. The van der Waals surface area contributed by atoms with E-state index < -0.39 is 5.91 Å². The molecule has 0 bridgehead atoms. The normalized spacial score (nSPS) is 11.4. The van der Waals surface area contributed by atoms with Crippen LogP contribution >= 0.6 is 46.6 Å². The lowest BCUT2D eigenvalue weighted by molar-refractivity contribution is -0.112. The molecule has 0 atom stereocenters. The molecule has 170 valence electrons. The number of nitrogens with one attached hydrogen (secondary N) is 1. The molecule has 4 nitrogen and oxygen atoms in total. The zero-order valence-corrected chi connectivity index (χ0v) is 20.8. The molecule has 0 unspecified atom stereocenters. The summed E-state index contributed by atoms with van der Waals surface area (Å²) >= 11 is 19.7. The number of hydrogen-bond donors (Lipinski definition) is 1. The Labute approximate surface area is 216 Å². The van der Waals surface area contributed by atoms with Crippen LogP contribution in [0.15, 0.2) is 83.4 Å². The number of benzene rings is 3. The van der Waals surface area contributed by atoms with E-state index in [1.165, 1.54) is 0 Å². The Balaban J connectivity index is 1.55. The molecule has 3 aromatic carbocycles. The summed E-state index contributed by atoms with van der Waals surface area (Å²) in [7, 11) is 0. The maximum absolute atomic E-state index is 12.7. The molecule has 0 aliphatic carbocycles. The van der Waals surface area contributed by atoms with Crippen LogP contribution in [0.2, 0.25) is 15.1 Å². The number of halogens is 3. The summed E-state index contributed by atoms with van der Waals surface area (Å²) < 4.78 is 2.13. The van der Waals surface area contributed by atoms with Gasteiger partial charge in [-0.15, -0.1) is 11.8 Å². The fraction of sp³-hybridized carbons (Fsp3) is 0.0769. The molecular weight excluding hydrogens is 509 g/mol. The van der Waals surface area contributed by atoms with Crippen LogP contribution in [-0.2, 0) is 11.3 Å². The molecule has 0 spiro atoms. The molecule has 4 rings (SSSR count). The molecule has 0 aliphatic heterocycles. The molecule has 1 N–H and O–H groups in total. The Morgan fingerprint density at radius 3 is 2.53 bits per heavy atom. The van der Waals surface area contributed by atoms with Crippen LogP contribution in [0, 0.1) is 11.3 Å². The van der Waals surface area contributed by atoms with E-state index in [9.17, 15) is 10.1 Å². The fourth-order valence-electron chi connectivity index (χ4n) is 3.44. The Bertz CT molecular complexity index is 1420. The third-order valence-electron chi connectivity index (χ3n) is 5.08. The van der Waals surface area contributed by atoms with Crippen molar-refractivity contribution in [3.8, 4) is 6.07 Å². The van der Waals surface area contributed by atoms with Gasteiger partial charge in [-0.1, -0.05) is 53.0 Å². The number of para-hydroxylation sites is 1. The van der Waals surface area contributed by atoms with Gasteiger partial charge in [-0.2, -0.15) is 5.26 Å². The molecule has 8 heteroatoms. The SMILES string of the molecule is N#C/C(=C/c1cn(CCSc2ccc(Cl)cc2)c2ccccc12)C(=O)Nc1ccc(Cl)c(Cl)c1. The molecule has 1 heterocycles. The van der Waals surface area contributed by atoms with E-state index >= 15 is 0 Å². The minimum Gasteiger partial charge on any atom is -0.346 e. The molecule has 34 heavy (non-hydrogen) atoms. The predicted molar refractivity (Wildman–Crippen MR) is 143 cm³/mol. The van der Waals surface area contributed by atoms with E-state index in [-0.39, 0.29) is 5.57 Å². The van der Waals surface area contributed by atoms with Crippen LogP contribution in [0.25, 0.3) is 17.0 Å². The Morgan fingerprint density at radius 1 is 1.03 bits per heavy atom. The van der Waals surface area contributed by atoms with Gasteiger partial charge in [0.05, 0.1) is 10.0 Å². The highest BCUT2D eigenvalue weighted by Crippen LogP contribution is 2.27. The smallest absolute Gasteiger partial charge is 0.266 e. The first-order chi connectivity index (χ1) is 16.4. The van der Waals surface area contributed by atoms with E-state index in [4.69, 9.17) is 34.8 Å². The van der Waals surface area contributed by atoms with Gasteiger partial charge >= 0.3 is 0 Å². The van der Waals surface area contributed by atoms with Gasteiger partial charge in [-0.25, -0.2) is 0 Å². The highest BCUT2D eigenvalue weighted by atomic mass is 35.5. The number of nitriles is 1. The maximum Gasteiger partial charge on any atom is 0.266 e. The first-order valence-electron chi connectivity index (χ1n) is 10.3. The monoisotopic (exact) mass is 525 g/mol. The molecule has 4 aromatic rings. The fourth-order valence-corrected chi connectivity index (χ4v) is 4.72. The summed E-state index contributed by atoms with van der Waals surface area (Å²) in [5, 5.41) is 14.7. The van der Waals surface area contributed by atoms with Crippen molar-refractivity contribution in [2.75, 3.05) is 11.1 Å². The first-order valence-corrected chi connectivity index (χ1v) is 12.4. The molecule has 0 saturated heterocycles. The van der Waals surface area contributed by atoms with Crippen molar-refractivity contribution >= 4 is 75.1 Å². The average molecular weight is 527 g/mol. The largest absolute Gasteiger partial charge is 0.346 e. The molecule has 0 saturated carbocycles. The van der Waals surface area contributed by atoms with Gasteiger partial charge in [-0.3, -0.25) is 4.79 Å². The summed E-state index contributed by atoms with van der Waals surface area (Å²) in [6.07, 6.45) is 3.58. The van der Waals surface area contributed by atoms with Crippen molar-refractivity contribution in [3.05, 3.63) is 99.1 Å². The lowest BCUT2D eigenvalue weighted by Crippen LogP contribution is -2.13. The van der Waals surface area contributed by atoms with Gasteiger partial charge in [-0.05, 0) is 54.6 Å². The Morgan fingerprint density at radius 2 is 1.79 bits per heavy atom. The number of thioether (sulfide) groups is 1. The second kappa shape index (κ2) is 11.0. The van der Waals surface area contributed by atoms with Crippen molar-refractivity contribution in [1.29, 1.82) is 5.26 Å². The van der Waals surface area contributed by atoms with Gasteiger partial charge in [0.1, 0.15) is 11.6 Å². The summed E-state index contributed by atoms with van der Waals surface area (Å²) in [5.74, 6) is 0.336. The van der Waals surface area contributed by atoms with E-state index in [2.05, 4.69) is 9.88 Å². The standard InChI is InChI=1S/C26H18Cl3N3OS/c27-19-5-8-21(9-6-19)34-12-11-32-16-18(22-3-1-2-4-25(22)32)13-17(15-30)26(33)31-20-7-10-23(28)24(29)14-20/h1-10,13-14,16H,11-12H2,(H,31,33)/b17-13-. The molecule has 0 aliphatic rings. The van der Waals surface area contributed by atoms with Gasteiger partial charge in [0.15, 0.2) is 0 Å². The minimum absolute atomic E-state index is 0.00971. The van der Waals surface area contributed by atoms with Gasteiger partial charge < -0.3 is 9.88 Å². The number of carbonyl (C=O) groups excluding carboxylic acids is 1. The number of fused-ring (bicyclic) bond motifs is 1. The van der Waals surface area contributed by atoms with Crippen molar-refractivity contribution in [3.63, 3.8) is 0 Å². The zero-order valence-electron chi connectivity index (χ0n) is 17.8. The summed E-state index contributed by atoms with van der Waals surface area (Å²) in [4.78, 5) is 13.9. The second-order valence-electron chi connectivity index (χ2n) is 7.35. The van der Waals surface area contributed by atoms with Crippen molar-refractivity contribution < 1.29 is 4.79 Å². The molecule has 1 amide bonds. The predicted octanol–water partition coefficient (Wildman–Crippen LogP) is 7.94. The molecule has 0 radical (unpaired) electrons. The molecule has 0 fully saturated rings. The average Bonchev–Trinajstić information content (AvgIpc) is 3.18. The number of anilines is 1. The maximum atomic E-state index is 12.7. The Kier molecular flexibility index (Phi) is 7.87. The quantitative estimate of drug-likeness (QED) is 0.151. The lowest BCUT2D eigenvalue weighted by Gasteiger charge is -2.05. The highest BCUT2D eigenvalue weighted by molar-refractivity contribution is 7.99. The van der Waals surface area contributed by atoms with Crippen molar-refractivity contribution in [2.24, 2.45) is 0 Å². The number of carbonyl (C=O) groups is 1. The Hall–Kier alpha value is -2.88. The van der Waals surface area contributed by atoms with Crippen molar-refractivity contribution in [1.82, 2.24) is 4.57 Å². The van der Waals surface area contributed by atoms with E-state index in [0.29, 0.717) is 20.8 Å². The number of amides is 1. The highest BCUT2D eigenvalue weighted by Gasteiger charge is 2.13. The number of nitrogens with zero attached hydrogens (tertiary/aromatic N) is 2. The van der Waals surface area contributed by atoms with Crippen LogP contribution in [0.1, 0.15) is 5.56 Å². The molecular formula is C26H18Cl3N3OS. The van der Waals surface area contributed by atoms with Gasteiger partial charge in [0.25, 0.3) is 5.91 Å². The van der Waals surface area contributed by atoms with Crippen LogP contribution in [0.3, 0.4) is 0 Å². The van der Waals surface area contributed by atoms with E-state index in [0.717, 1.165) is 33.7 Å². The third-order valence-corrected chi connectivity index (χ3v) is 7.06. The van der Waals surface area contributed by atoms with Crippen LogP contribution in [-0.4, -0.2) is 16.2 Å². The van der Waals surface area contributed by atoms with E-state index in [1.807, 2.05) is 60.8 Å². The van der Waals surface area contributed by atoms with Gasteiger partial charge in [0.2, 0.25) is 0 Å². The number of aromatic nitrogens is 1. The summed E-state index contributed by atoms with van der Waals surface area (Å²) in [6, 6.07) is 22.4. The first kappa shape index (κ1) is 24.3. The van der Waals surface area contributed by atoms with Gasteiger partial charge in [0, 0.05) is 50.6 Å². The zero-order chi connectivity index (χ0) is 24.1. The third kappa shape index (κ3) is 5.78. The van der Waals surface area contributed by atoms with Crippen LogP contribution < -0.4 is 5.32 Å². The second-order valence-corrected chi connectivity index (χ2v) is 9.77. The van der Waals surface area contributed by atoms with Crippen LogP contribution in [0.5, 0.6) is 0 Å². The summed E-state index contributed by atoms with van der Waals surface area (Å²) in [6.45, 7) is 0.763. The minimum atomic E-state index is -0.518. The van der Waals surface area contributed by atoms with Crippen LogP contribution in [0.4, 0.5) is 5.69 Å².